The van der Waals surface area contributed by atoms with Crippen molar-refractivity contribution in [3.63, 3.8) is 0 Å². The molecule has 0 saturated heterocycles. The molecule has 0 unspecified atom stereocenters. The summed E-state index contributed by atoms with van der Waals surface area (Å²) in [6, 6.07) is 11.1. The van der Waals surface area contributed by atoms with Gasteiger partial charge >= 0.3 is 0 Å². The first-order valence-electron chi connectivity index (χ1n) is 6.31. The largest absolute Gasteiger partial charge is 0.491 e. The van der Waals surface area contributed by atoms with E-state index in [1.807, 2.05) is 36.4 Å². The molecule has 20 heavy (non-hydrogen) atoms. The number of furan rings is 1. The molecule has 0 spiro atoms. The Labute approximate surface area is 117 Å². The zero-order valence-corrected chi connectivity index (χ0v) is 11.0. The molecule has 0 amide bonds. The maximum absolute atomic E-state index is 8.60. The molecule has 0 aliphatic carbocycles. The molecule has 1 aromatic heterocycles. The lowest BCUT2D eigenvalue weighted by atomic mass is 10.2. The van der Waals surface area contributed by atoms with Gasteiger partial charge in [-0.05, 0) is 36.4 Å². The minimum Gasteiger partial charge on any atom is -0.491 e. The highest BCUT2D eigenvalue weighted by Crippen LogP contribution is 2.11. The average molecular weight is 272 g/mol. The fourth-order valence-electron chi connectivity index (χ4n) is 1.56. The number of ether oxygens (including phenoxy) is 2. The third-order valence-corrected chi connectivity index (χ3v) is 2.49. The van der Waals surface area contributed by atoms with Crippen molar-refractivity contribution in [1.82, 2.24) is 0 Å². The van der Waals surface area contributed by atoms with Crippen molar-refractivity contribution < 1.29 is 19.0 Å². The topological polar surface area (TPSA) is 51.8 Å². The van der Waals surface area contributed by atoms with Crippen LogP contribution in [0.25, 0.3) is 0 Å². The van der Waals surface area contributed by atoms with Crippen molar-refractivity contribution >= 4 is 0 Å². The summed E-state index contributed by atoms with van der Waals surface area (Å²) in [6.07, 6.45) is 1.62. The van der Waals surface area contributed by atoms with Crippen molar-refractivity contribution in [2.45, 2.75) is 6.61 Å². The van der Waals surface area contributed by atoms with Gasteiger partial charge in [0.15, 0.2) is 0 Å². The van der Waals surface area contributed by atoms with Gasteiger partial charge in [-0.3, -0.25) is 0 Å². The van der Waals surface area contributed by atoms with Crippen molar-refractivity contribution in [3.8, 4) is 17.6 Å². The fourth-order valence-corrected chi connectivity index (χ4v) is 1.56. The van der Waals surface area contributed by atoms with Gasteiger partial charge in [0.2, 0.25) is 0 Å². The van der Waals surface area contributed by atoms with Crippen LogP contribution in [0.15, 0.2) is 47.1 Å². The highest BCUT2D eigenvalue weighted by atomic mass is 16.5. The first kappa shape index (κ1) is 14.2. The van der Waals surface area contributed by atoms with Crippen molar-refractivity contribution in [1.29, 1.82) is 0 Å². The fraction of sp³-hybridized carbons (Fsp3) is 0.250. The number of aliphatic hydroxyl groups is 1. The van der Waals surface area contributed by atoms with E-state index in [-0.39, 0.29) is 6.61 Å². The number of aliphatic hydroxyl groups excluding tert-OH is 1. The van der Waals surface area contributed by atoms with E-state index in [4.69, 9.17) is 19.0 Å². The van der Waals surface area contributed by atoms with Crippen LogP contribution in [0.3, 0.4) is 0 Å². The summed E-state index contributed by atoms with van der Waals surface area (Å²) in [5.41, 5.74) is 0.848. The van der Waals surface area contributed by atoms with Crippen molar-refractivity contribution in [3.05, 3.63) is 54.0 Å². The van der Waals surface area contributed by atoms with E-state index < -0.39 is 0 Å². The van der Waals surface area contributed by atoms with Crippen molar-refractivity contribution in [2.24, 2.45) is 0 Å². The highest BCUT2D eigenvalue weighted by Gasteiger charge is 1.97. The predicted molar refractivity (Wildman–Crippen MR) is 74.3 cm³/mol. The zero-order chi connectivity index (χ0) is 14.0. The molecule has 0 radical (unpaired) electrons. The summed E-state index contributed by atoms with van der Waals surface area (Å²) in [4.78, 5) is 0. The Kier molecular flexibility index (Phi) is 5.71. The molecular weight excluding hydrogens is 256 g/mol. The molecule has 4 nitrogen and oxygen atoms in total. The van der Waals surface area contributed by atoms with Crippen LogP contribution in [-0.4, -0.2) is 24.9 Å². The molecule has 0 bridgehead atoms. The third-order valence-electron chi connectivity index (χ3n) is 2.49. The summed E-state index contributed by atoms with van der Waals surface area (Å²) in [5.74, 6) is 6.98. The first-order valence-corrected chi connectivity index (χ1v) is 6.31. The number of benzene rings is 1. The Morgan fingerprint density at radius 1 is 1.10 bits per heavy atom. The van der Waals surface area contributed by atoms with Crippen LogP contribution < -0.4 is 4.74 Å². The molecule has 0 fully saturated rings. The molecule has 104 valence electrons. The molecule has 0 aliphatic rings. The minimum absolute atomic E-state index is 0.134. The zero-order valence-electron chi connectivity index (χ0n) is 11.0. The van der Waals surface area contributed by atoms with E-state index in [1.54, 1.807) is 6.26 Å². The predicted octanol–water partition coefficient (Wildman–Crippen LogP) is 2.22. The second-order valence-corrected chi connectivity index (χ2v) is 3.96. The van der Waals surface area contributed by atoms with Crippen LogP contribution in [0, 0.1) is 11.8 Å². The molecule has 2 rings (SSSR count). The Bertz CT molecular complexity index is 546. The first-order chi connectivity index (χ1) is 9.88. The summed E-state index contributed by atoms with van der Waals surface area (Å²) in [6.45, 7) is 1.28. The van der Waals surface area contributed by atoms with E-state index in [9.17, 15) is 0 Å². The Morgan fingerprint density at radius 2 is 1.95 bits per heavy atom. The van der Waals surface area contributed by atoms with Gasteiger partial charge in [-0.1, -0.05) is 11.8 Å². The molecular formula is C16H16O4. The number of hydrogen-bond donors (Lipinski definition) is 1. The van der Waals surface area contributed by atoms with Crippen LogP contribution in [-0.2, 0) is 11.3 Å². The van der Waals surface area contributed by atoms with Crippen molar-refractivity contribution in [2.75, 3.05) is 19.8 Å². The Morgan fingerprint density at radius 3 is 2.65 bits per heavy atom. The summed E-state index contributed by atoms with van der Waals surface area (Å²) >= 11 is 0. The van der Waals surface area contributed by atoms with Crippen LogP contribution >= 0.6 is 0 Å². The van der Waals surface area contributed by atoms with Gasteiger partial charge < -0.3 is 19.0 Å². The van der Waals surface area contributed by atoms with Gasteiger partial charge in [0.05, 0.1) is 12.9 Å². The number of rotatable bonds is 6. The lowest BCUT2D eigenvalue weighted by Crippen LogP contribution is -2.06. The molecule has 1 heterocycles. The van der Waals surface area contributed by atoms with Gasteiger partial charge in [-0.2, -0.15) is 0 Å². The van der Waals surface area contributed by atoms with Crippen LogP contribution in [0.1, 0.15) is 11.3 Å². The van der Waals surface area contributed by atoms with E-state index in [0.717, 1.165) is 17.1 Å². The second kappa shape index (κ2) is 8.05. The van der Waals surface area contributed by atoms with Crippen LogP contribution in [0.4, 0.5) is 0 Å². The summed E-state index contributed by atoms with van der Waals surface area (Å²) in [5, 5.41) is 8.60. The quantitative estimate of drug-likeness (QED) is 0.647. The van der Waals surface area contributed by atoms with Gasteiger partial charge in [0, 0.05) is 5.56 Å². The molecule has 1 aromatic carbocycles. The summed E-state index contributed by atoms with van der Waals surface area (Å²) in [7, 11) is 0. The molecule has 2 aromatic rings. The molecule has 0 aliphatic heterocycles. The van der Waals surface area contributed by atoms with E-state index in [2.05, 4.69) is 11.8 Å². The van der Waals surface area contributed by atoms with Crippen LogP contribution in [0.5, 0.6) is 5.75 Å². The smallest absolute Gasteiger partial charge is 0.129 e. The molecule has 1 N–H and O–H groups in total. The second-order valence-electron chi connectivity index (χ2n) is 3.96. The molecule has 4 heteroatoms. The third kappa shape index (κ3) is 4.81. The van der Waals surface area contributed by atoms with Gasteiger partial charge in [0.25, 0.3) is 0 Å². The normalized spacial score (nSPS) is 9.85. The lowest BCUT2D eigenvalue weighted by molar-refractivity contribution is 0.0781. The average Bonchev–Trinajstić information content (AvgIpc) is 2.99. The monoisotopic (exact) mass is 272 g/mol. The van der Waals surface area contributed by atoms with Gasteiger partial charge in [0.1, 0.15) is 31.3 Å². The Hall–Kier alpha value is -2.22. The minimum atomic E-state index is -0.134. The van der Waals surface area contributed by atoms with Gasteiger partial charge in [-0.15, -0.1) is 0 Å². The maximum atomic E-state index is 8.60. The summed E-state index contributed by atoms with van der Waals surface area (Å²) < 4.78 is 16.1. The molecule has 0 saturated carbocycles. The number of hydrogen-bond acceptors (Lipinski definition) is 4. The Balaban J connectivity index is 1.66. The van der Waals surface area contributed by atoms with Crippen LogP contribution in [0.2, 0.25) is 0 Å². The van der Waals surface area contributed by atoms with Gasteiger partial charge in [-0.25, -0.2) is 0 Å². The standard InChI is InChI=1S/C16H16O4/c17-9-1-3-14-5-7-15(8-6-14)20-12-11-18-13-16-4-2-10-19-16/h2,4-8,10,17H,9,11-13H2. The maximum Gasteiger partial charge on any atom is 0.129 e. The SMILES string of the molecule is OCC#Cc1ccc(OCCOCc2ccco2)cc1. The lowest BCUT2D eigenvalue weighted by Gasteiger charge is -2.06. The molecule has 0 atom stereocenters. The van der Waals surface area contributed by atoms with E-state index in [1.165, 1.54) is 0 Å². The van der Waals surface area contributed by atoms with E-state index in [0.29, 0.717) is 19.8 Å². The highest BCUT2D eigenvalue weighted by molar-refractivity contribution is 5.38. The van der Waals surface area contributed by atoms with E-state index >= 15 is 0 Å².